The zero-order chi connectivity index (χ0) is 23.4. The summed E-state index contributed by atoms with van der Waals surface area (Å²) in [4.78, 5) is 23.6. The van der Waals surface area contributed by atoms with E-state index in [1.54, 1.807) is 6.07 Å². The highest BCUT2D eigenvalue weighted by atomic mass is 16.7. The molecule has 1 aromatic rings. The summed E-state index contributed by atoms with van der Waals surface area (Å²) in [5.41, 5.74) is -3.15. The molecule has 180 valence electrons. The van der Waals surface area contributed by atoms with Crippen molar-refractivity contribution < 1.29 is 34.0 Å². The standard InChI is InChI=1S/C25H32O8/c1-13(26)32-20-19(14-3-4-18(28)31-12-14)22(2)8-6-16-17(25(22)21(20)33-25)7-9-23(29)11-15(27)5-10-24(16,23)30/h3-4,12,15-17,19-21,27,29-30H,5-11H2,1-2H3/t15-,16-,17+,19-,20+,21+,22+,23-,24-,25+/m0/s1. The molecule has 0 bridgehead atoms. The van der Waals surface area contributed by atoms with Crippen LogP contribution in [0.4, 0.5) is 0 Å². The molecule has 0 amide bonds. The van der Waals surface area contributed by atoms with E-state index in [9.17, 15) is 24.9 Å². The molecule has 2 heterocycles. The molecule has 4 saturated carbocycles. The molecule has 1 aliphatic heterocycles. The van der Waals surface area contributed by atoms with Crippen molar-refractivity contribution in [3.8, 4) is 0 Å². The molecule has 1 saturated heterocycles. The fourth-order valence-corrected chi connectivity index (χ4v) is 8.70. The minimum Gasteiger partial charge on any atom is -0.459 e. The highest BCUT2D eigenvalue weighted by Crippen LogP contribution is 2.77. The number of esters is 1. The highest BCUT2D eigenvalue weighted by molar-refractivity contribution is 5.66. The van der Waals surface area contributed by atoms with Crippen molar-refractivity contribution >= 4 is 5.97 Å². The second kappa shape index (κ2) is 6.68. The van der Waals surface area contributed by atoms with Crippen molar-refractivity contribution in [2.45, 2.75) is 99.8 Å². The number of rotatable bonds is 2. The van der Waals surface area contributed by atoms with E-state index in [-0.39, 0.29) is 36.2 Å². The van der Waals surface area contributed by atoms with Gasteiger partial charge in [0.05, 0.1) is 23.6 Å². The molecule has 0 aromatic carbocycles. The second-order valence-electron chi connectivity index (χ2n) is 11.3. The highest BCUT2D eigenvalue weighted by Gasteiger charge is 2.85. The molecular weight excluding hydrogens is 428 g/mol. The van der Waals surface area contributed by atoms with Crippen LogP contribution < -0.4 is 5.63 Å². The van der Waals surface area contributed by atoms with Gasteiger partial charge >= 0.3 is 11.6 Å². The minimum absolute atomic E-state index is 0.000506. The van der Waals surface area contributed by atoms with Gasteiger partial charge in [-0.1, -0.05) is 6.92 Å². The SMILES string of the molecule is CC(=O)O[C@H]1[C@H]2O[C@]23[C@@H]2CC[C@]4(O)C[C@@H](O)CC[C@]4(O)[C@H]2CC[C@]3(C)[C@H]1c1ccc(=O)oc1. The van der Waals surface area contributed by atoms with Gasteiger partial charge in [-0.3, -0.25) is 4.79 Å². The summed E-state index contributed by atoms with van der Waals surface area (Å²) in [5.74, 6) is -0.744. The maximum absolute atomic E-state index is 12.0. The molecular formula is C25H32O8. The van der Waals surface area contributed by atoms with Gasteiger partial charge in [0.1, 0.15) is 17.8 Å². The number of carbonyl (C=O) groups is 1. The largest absolute Gasteiger partial charge is 0.459 e. The van der Waals surface area contributed by atoms with Crippen LogP contribution >= 0.6 is 0 Å². The van der Waals surface area contributed by atoms with Crippen molar-refractivity contribution in [2.75, 3.05) is 0 Å². The van der Waals surface area contributed by atoms with E-state index in [4.69, 9.17) is 13.9 Å². The van der Waals surface area contributed by atoms with Crippen molar-refractivity contribution in [3.63, 3.8) is 0 Å². The Hall–Kier alpha value is -1.74. The Bertz CT molecular complexity index is 1030. The van der Waals surface area contributed by atoms with E-state index in [1.807, 2.05) is 0 Å². The third-order valence-electron chi connectivity index (χ3n) is 10.0. The Morgan fingerprint density at radius 3 is 2.58 bits per heavy atom. The lowest BCUT2D eigenvalue weighted by Gasteiger charge is -2.62. The number of ether oxygens (including phenoxy) is 2. The first kappa shape index (κ1) is 21.8. The maximum Gasteiger partial charge on any atom is 0.335 e. The van der Waals surface area contributed by atoms with Crippen molar-refractivity contribution in [3.05, 3.63) is 34.4 Å². The quantitative estimate of drug-likeness (QED) is 0.449. The number of carbonyl (C=O) groups excluding carboxylic acids is 1. The molecule has 6 rings (SSSR count). The van der Waals surface area contributed by atoms with Crippen LogP contribution in [0.2, 0.25) is 0 Å². The average molecular weight is 461 g/mol. The Morgan fingerprint density at radius 2 is 1.88 bits per heavy atom. The van der Waals surface area contributed by atoms with E-state index in [2.05, 4.69) is 6.92 Å². The minimum atomic E-state index is -1.29. The monoisotopic (exact) mass is 460 g/mol. The van der Waals surface area contributed by atoms with Crippen LogP contribution in [0, 0.1) is 17.3 Å². The summed E-state index contributed by atoms with van der Waals surface area (Å²) in [6.45, 7) is 3.55. The Balaban J connectivity index is 1.42. The van der Waals surface area contributed by atoms with Crippen molar-refractivity contribution in [1.29, 1.82) is 0 Å². The van der Waals surface area contributed by atoms with Gasteiger partial charge in [0.2, 0.25) is 0 Å². The van der Waals surface area contributed by atoms with Crippen LogP contribution in [0.3, 0.4) is 0 Å². The molecule has 8 nitrogen and oxygen atoms in total. The maximum atomic E-state index is 12.0. The lowest BCUT2D eigenvalue weighted by molar-refractivity contribution is -0.268. The second-order valence-corrected chi connectivity index (χ2v) is 11.3. The Kier molecular flexibility index (Phi) is 4.41. The first-order valence-electron chi connectivity index (χ1n) is 12.1. The van der Waals surface area contributed by atoms with Crippen LogP contribution in [-0.2, 0) is 14.3 Å². The fraction of sp³-hybridized carbons (Fsp3) is 0.760. The molecule has 5 fully saturated rings. The van der Waals surface area contributed by atoms with Gasteiger partial charge in [0.25, 0.3) is 0 Å². The van der Waals surface area contributed by atoms with E-state index in [0.717, 1.165) is 5.56 Å². The van der Waals surface area contributed by atoms with Gasteiger partial charge < -0.3 is 29.2 Å². The number of aliphatic hydroxyl groups is 3. The fourth-order valence-electron chi connectivity index (χ4n) is 8.70. The third-order valence-corrected chi connectivity index (χ3v) is 10.0. The van der Waals surface area contributed by atoms with E-state index >= 15 is 0 Å². The first-order valence-corrected chi connectivity index (χ1v) is 12.1. The number of epoxide rings is 1. The van der Waals surface area contributed by atoms with Gasteiger partial charge in [-0.2, -0.15) is 0 Å². The van der Waals surface area contributed by atoms with Gasteiger partial charge in [-0.15, -0.1) is 0 Å². The summed E-state index contributed by atoms with van der Waals surface area (Å²) in [6.07, 6.45) is 3.58. The Labute approximate surface area is 191 Å². The Morgan fingerprint density at radius 1 is 1.12 bits per heavy atom. The summed E-state index contributed by atoms with van der Waals surface area (Å²) in [5, 5.41) is 33.5. The zero-order valence-corrected chi connectivity index (χ0v) is 19.0. The summed E-state index contributed by atoms with van der Waals surface area (Å²) in [7, 11) is 0. The van der Waals surface area contributed by atoms with Crippen molar-refractivity contribution in [1.82, 2.24) is 0 Å². The zero-order valence-electron chi connectivity index (χ0n) is 19.0. The molecule has 1 aromatic heterocycles. The molecule has 8 heteroatoms. The van der Waals surface area contributed by atoms with Crippen LogP contribution in [0.15, 0.2) is 27.6 Å². The normalized spacial score (nSPS) is 52.2. The molecule has 4 aliphatic carbocycles. The van der Waals surface area contributed by atoms with Gasteiger partial charge in [-0.25, -0.2) is 4.79 Å². The molecule has 3 N–H and O–H groups in total. The summed E-state index contributed by atoms with van der Waals surface area (Å²) in [6, 6.07) is 3.14. The molecule has 33 heavy (non-hydrogen) atoms. The lowest BCUT2D eigenvalue weighted by Crippen LogP contribution is -2.70. The molecule has 10 atom stereocenters. The van der Waals surface area contributed by atoms with Crippen LogP contribution in [-0.4, -0.2) is 56.4 Å². The van der Waals surface area contributed by atoms with E-state index in [1.165, 1.54) is 19.3 Å². The van der Waals surface area contributed by atoms with Gasteiger partial charge in [0.15, 0.2) is 0 Å². The number of hydrogen-bond acceptors (Lipinski definition) is 8. The topological polar surface area (TPSA) is 130 Å². The molecule has 0 unspecified atom stereocenters. The predicted octanol–water partition coefficient (Wildman–Crippen LogP) is 1.64. The van der Waals surface area contributed by atoms with Crippen LogP contribution in [0.25, 0.3) is 0 Å². The van der Waals surface area contributed by atoms with E-state index < -0.39 is 40.1 Å². The van der Waals surface area contributed by atoms with Crippen LogP contribution in [0.5, 0.6) is 0 Å². The number of hydrogen-bond donors (Lipinski definition) is 3. The van der Waals surface area contributed by atoms with Crippen molar-refractivity contribution in [2.24, 2.45) is 17.3 Å². The van der Waals surface area contributed by atoms with Gasteiger partial charge in [-0.05, 0) is 62.0 Å². The molecule has 0 radical (unpaired) electrons. The van der Waals surface area contributed by atoms with Crippen LogP contribution in [0.1, 0.15) is 70.3 Å². The summed E-state index contributed by atoms with van der Waals surface area (Å²) < 4.78 is 17.5. The smallest absolute Gasteiger partial charge is 0.335 e. The number of aliphatic hydroxyl groups excluding tert-OH is 1. The molecule has 1 spiro atoms. The summed E-state index contributed by atoms with van der Waals surface area (Å²) >= 11 is 0. The number of fused-ring (bicyclic) bond motifs is 3. The first-order chi connectivity index (χ1) is 15.6. The lowest BCUT2D eigenvalue weighted by atomic mass is 9.46. The van der Waals surface area contributed by atoms with Gasteiger partial charge in [0, 0.05) is 30.7 Å². The third kappa shape index (κ3) is 2.61. The van der Waals surface area contributed by atoms with E-state index in [0.29, 0.717) is 38.5 Å². The molecule has 5 aliphatic rings. The average Bonchev–Trinajstić information content (AvgIpc) is 3.45. The predicted molar refractivity (Wildman–Crippen MR) is 114 cm³/mol.